The van der Waals surface area contributed by atoms with E-state index in [1.165, 1.54) is 5.39 Å². The number of hydrogen-bond donors (Lipinski definition) is 1. The van der Waals surface area contributed by atoms with Crippen LogP contribution in [0, 0.1) is 0 Å². The van der Waals surface area contributed by atoms with Gasteiger partial charge in [0.2, 0.25) is 0 Å². The van der Waals surface area contributed by atoms with Crippen LogP contribution in [0.3, 0.4) is 0 Å². The molecule has 0 aliphatic rings. The van der Waals surface area contributed by atoms with Crippen molar-refractivity contribution in [2.75, 3.05) is 13.7 Å². The molecular weight excluding hydrogens is 212 g/mol. The van der Waals surface area contributed by atoms with Gasteiger partial charge in [0.25, 0.3) is 0 Å². The summed E-state index contributed by atoms with van der Waals surface area (Å²) in [5, 5.41) is 2.33. The maximum absolute atomic E-state index is 5.81. The molecule has 1 atom stereocenters. The molecule has 0 spiro atoms. The van der Waals surface area contributed by atoms with Crippen LogP contribution in [0.1, 0.15) is 25.0 Å². The van der Waals surface area contributed by atoms with Gasteiger partial charge in [-0.1, -0.05) is 13.0 Å². The largest absolute Gasteiger partial charge is 0.497 e. The number of benzene rings is 1. The minimum Gasteiger partial charge on any atom is -0.497 e. The molecule has 0 bridgehead atoms. The number of hydrogen-bond acceptors (Lipinski definition) is 3. The third-order valence-electron chi connectivity index (χ3n) is 3.17. The molecule has 90 valence electrons. The van der Waals surface area contributed by atoms with E-state index in [1.807, 2.05) is 24.4 Å². The lowest BCUT2D eigenvalue weighted by Crippen LogP contribution is -2.13. The van der Waals surface area contributed by atoms with E-state index in [0.717, 1.165) is 23.3 Å². The van der Waals surface area contributed by atoms with Crippen molar-refractivity contribution >= 4 is 10.8 Å². The van der Waals surface area contributed by atoms with Crippen molar-refractivity contribution in [3.63, 3.8) is 0 Å². The maximum Gasteiger partial charge on any atom is 0.119 e. The lowest BCUT2D eigenvalue weighted by molar-refractivity contribution is 0.415. The molecule has 0 saturated heterocycles. The maximum atomic E-state index is 5.81. The molecule has 2 aromatic rings. The second-order valence-corrected chi connectivity index (χ2v) is 4.12. The Bertz CT molecular complexity index is 507. The molecule has 0 radical (unpaired) electrons. The molecule has 1 aromatic carbocycles. The van der Waals surface area contributed by atoms with Gasteiger partial charge in [-0.2, -0.15) is 0 Å². The van der Waals surface area contributed by atoms with Crippen LogP contribution in [0.15, 0.2) is 30.5 Å². The van der Waals surface area contributed by atoms with E-state index in [4.69, 9.17) is 10.5 Å². The Morgan fingerprint density at radius 2 is 2.18 bits per heavy atom. The first-order chi connectivity index (χ1) is 8.30. The molecule has 0 amide bonds. The molecule has 1 heterocycles. The number of ether oxygens (including phenoxy) is 1. The van der Waals surface area contributed by atoms with E-state index < -0.39 is 0 Å². The molecule has 0 aliphatic carbocycles. The van der Waals surface area contributed by atoms with Crippen LogP contribution in [0.25, 0.3) is 10.8 Å². The Balaban J connectivity index is 2.61. The van der Waals surface area contributed by atoms with E-state index in [0.29, 0.717) is 12.5 Å². The van der Waals surface area contributed by atoms with Crippen molar-refractivity contribution in [3.8, 4) is 5.75 Å². The van der Waals surface area contributed by atoms with Crippen LogP contribution in [0.5, 0.6) is 5.75 Å². The highest BCUT2D eigenvalue weighted by molar-refractivity contribution is 5.86. The number of methoxy groups -OCH3 is 1. The Morgan fingerprint density at radius 1 is 1.35 bits per heavy atom. The summed E-state index contributed by atoms with van der Waals surface area (Å²) in [5.41, 5.74) is 6.88. The van der Waals surface area contributed by atoms with Crippen LogP contribution >= 0.6 is 0 Å². The average molecular weight is 230 g/mol. The van der Waals surface area contributed by atoms with Gasteiger partial charge in [0.05, 0.1) is 12.8 Å². The zero-order valence-electron chi connectivity index (χ0n) is 10.3. The van der Waals surface area contributed by atoms with Gasteiger partial charge < -0.3 is 10.5 Å². The second-order valence-electron chi connectivity index (χ2n) is 4.12. The zero-order valence-corrected chi connectivity index (χ0v) is 10.3. The Labute approximate surface area is 102 Å². The summed E-state index contributed by atoms with van der Waals surface area (Å²) in [7, 11) is 1.68. The highest BCUT2D eigenvalue weighted by Gasteiger charge is 2.12. The average Bonchev–Trinajstić information content (AvgIpc) is 2.40. The number of rotatable bonds is 4. The van der Waals surface area contributed by atoms with E-state index in [9.17, 15) is 0 Å². The molecule has 1 unspecified atom stereocenters. The summed E-state index contributed by atoms with van der Waals surface area (Å²) in [5.74, 6) is 1.17. The molecule has 3 nitrogen and oxygen atoms in total. The van der Waals surface area contributed by atoms with Crippen LogP contribution in [0.4, 0.5) is 0 Å². The first-order valence-electron chi connectivity index (χ1n) is 5.92. The van der Waals surface area contributed by atoms with E-state index >= 15 is 0 Å². The fourth-order valence-electron chi connectivity index (χ4n) is 2.09. The van der Waals surface area contributed by atoms with Crippen molar-refractivity contribution in [1.29, 1.82) is 0 Å². The minimum atomic E-state index is 0.311. The number of nitrogens with zero attached hydrogens (tertiary/aromatic N) is 1. The Hall–Kier alpha value is -1.61. The van der Waals surface area contributed by atoms with Crippen LogP contribution in [0.2, 0.25) is 0 Å². The number of pyridine rings is 1. The summed E-state index contributed by atoms with van der Waals surface area (Å²) in [6.45, 7) is 2.76. The van der Waals surface area contributed by atoms with Crippen LogP contribution in [-0.2, 0) is 0 Å². The van der Waals surface area contributed by atoms with Crippen molar-refractivity contribution < 1.29 is 4.74 Å². The molecular formula is C14H18N2O. The summed E-state index contributed by atoms with van der Waals surface area (Å²) in [6.07, 6.45) is 2.85. The fourth-order valence-corrected chi connectivity index (χ4v) is 2.09. The van der Waals surface area contributed by atoms with Gasteiger partial charge in [0.1, 0.15) is 5.75 Å². The van der Waals surface area contributed by atoms with Crippen molar-refractivity contribution in [2.45, 2.75) is 19.3 Å². The summed E-state index contributed by atoms with van der Waals surface area (Å²) in [4.78, 5) is 4.49. The Morgan fingerprint density at radius 3 is 2.82 bits per heavy atom. The fraction of sp³-hybridized carbons (Fsp3) is 0.357. The number of aromatic nitrogens is 1. The van der Waals surface area contributed by atoms with Gasteiger partial charge in [-0.05, 0) is 30.0 Å². The highest BCUT2D eigenvalue weighted by atomic mass is 16.5. The monoisotopic (exact) mass is 230 g/mol. The highest BCUT2D eigenvalue weighted by Crippen LogP contribution is 2.28. The van der Waals surface area contributed by atoms with Gasteiger partial charge in [-0.15, -0.1) is 0 Å². The zero-order chi connectivity index (χ0) is 12.3. The van der Waals surface area contributed by atoms with E-state index in [-0.39, 0.29) is 0 Å². The third-order valence-corrected chi connectivity index (χ3v) is 3.17. The summed E-state index contributed by atoms with van der Waals surface area (Å²) in [6, 6.07) is 8.08. The normalized spacial score (nSPS) is 12.6. The van der Waals surface area contributed by atoms with Gasteiger partial charge in [0.15, 0.2) is 0 Å². The number of fused-ring (bicyclic) bond motifs is 1. The molecule has 2 rings (SSSR count). The first-order valence-corrected chi connectivity index (χ1v) is 5.92. The molecule has 0 fully saturated rings. The first kappa shape index (κ1) is 11.9. The standard InChI is InChI=1S/C14H18N2O/c1-3-10(9-15)14-13-8-12(17-2)5-4-11(13)6-7-16-14/h4-8,10H,3,9,15H2,1-2H3. The summed E-state index contributed by atoms with van der Waals surface area (Å²) < 4.78 is 5.27. The van der Waals surface area contributed by atoms with Gasteiger partial charge >= 0.3 is 0 Å². The van der Waals surface area contributed by atoms with Crippen molar-refractivity contribution in [2.24, 2.45) is 5.73 Å². The van der Waals surface area contributed by atoms with Gasteiger partial charge in [-0.3, -0.25) is 4.98 Å². The predicted octanol–water partition coefficient (Wildman–Crippen LogP) is 2.70. The molecule has 0 saturated carbocycles. The smallest absolute Gasteiger partial charge is 0.119 e. The molecule has 1 aromatic heterocycles. The van der Waals surface area contributed by atoms with Crippen LogP contribution < -0.4 is 10.5 Å². The molecule has 3 heteroatoms. The predicted molar refractivity (Wildman–Crippen MR) is 70.4 cm³/mol. The second kappa shape index (κ2) is 5.15. The van der Waals surface area contributed by atoms with E-state index in [2.05, 4.69) is 18.0 Å². The van der Waals surface area contributed by atoms with E-state index in [1.54, 1.807) is 7.11 Å². The third kappa shape index (κ3) is 2.24. The van der Waals surface area contributed by atoms with Gasteiger partial charge in [0, 0.05) is 24.0 Å². The molecule has 17 heavy (non-hydrogen) atoms. The van der Waals surface area contributed by atoms with Gasteiger partial charge in [-0.25, -0.2) is 0 Å². The quantitative estimate of drug-likeness (QED) is 0.878. The summed E-state index contributed by atoms with van der Waals surface area (Å²) >= 11 is 0. The lowest BCUT2D eigenvalue weighted by Gasteiger charge is -2.14. The van der Waals surface area contributed by atoms with Crippen LogP contribution in [-0.4, -0.2) is 18.6 Å². The van der Waals surface area contributed by atoms with Crippen molar-refractivity contribution in [3.05, 3.63) is 36.2 Å². The molecule has 0 aliphatic heterocycles. The molecule has 2 N–H and O–H groups in total. The minimum absolute atomic E-state index is 0.311. The van der Waals surface area contributed by atoms with Crippen molar-refractivity contribution in [1.82, 2.24) is 4.98 Å². The topological polar surface area (TPSA) is 48.1 Å². The number of nitrogens with two attached hydrogens (primary N) is 1. The Kier molecular flexibility index (Phi) is 3.59. The SMILES string of the molecule is CCC(CN)c1nccc2ccc(OC)cc12. The lowest BCUT2D eigenvalue weighted by atomic mass is 9.97.